The number of nitrogens with one attached hydrogen (secondary N) is 1. The van der Waals surface area contributed by atoms with Gasteiger partial charge in [-0.15, -0.1) is 0 Å². The molecule has 8 heteroatoms. The Labute approximate surface area is 158 Å². The molecule has 26 heavy (non-hydrogen) atoms. The zero-order valence-electron chi connectivity index (χ0n) is 14.7. The number of carbonyl (C=O) groups is 1. The first-order chi connectivity index (χ1) is 12.2. The van der Waals surface area contributed by atoms with Gasteiger partial charge >= 0.3 is 0 Å². The van der Waals surface area contributed by atoms with Gasteiger partial charge in [-0.25, -0.2) is 13.8 Å². The van der Waals surface area contributed by atoms with Crippen LogP contribution >= 0.6 is 11.6 Å². The van der Waals surface area contributed by atoms with Crippen LogP contribution < -0.4 is 9.73 Å². The van der Waals surface area contributed by atoms with Crippen molar-refractivity contribution in [3.05, 3.63) is 64.7 Å². The van der Waals surface area contributed by atoms with Gasteiger partial charge in [0.2, 0.25) is 10.0 Å². The van der Waals surface area contributed by atoms with E-state index in [1.165, 1.54) is 4.31 Å². The predicted octanol–water partition coefficient (Wildman–Crippen LogP) is 3.43. The predicted molar refractivity (Wildman–Crippen MR) is 105 cm³/mol. The molecular weight excluding hydrogens is 374 g/mol. The van der Waals surface area contributed by atoms with Crippen molar-refractivity contribution in [2.45, 2.75) is 20.4 Å². The number of hydrogen-bond donors (Lipinski definition) is 1. The molecule has 0 saturated heterocycles. The van der Waals surface area contributed by atoms with Gasteiger partial charge in [0, 0.05) is 16.3 Å². The lowest BCUT2D eigenvalue weighted by Crippen LogP contribution is -2.29. The van der Waals surface area contributed by atoms with Crippen molar-refractivity contribution in [1.82, 2.24) is 5.43 Å². The number of amides is 1. The van der Waals surface area contributed by atoms with E-state index in [4.69, 9.17) is 11.6 Å². The van der Waals surface area contributed by atoms with Gasteiger partial charge < -0.3 is 0 Å². The molecule has 0 unspecified atom stereocenters. The van der Waals surface area contributed by atoms with Gasteiger partial charge in [-0.05, 0) is 49.7 Å². The Hall–Kier alpha value is -2.38. The number of hydrogen-bond acceptors (Lipinski definition) is 4. The lowest BCUT2D eigenvalue weighted by molar-refractivity contribution is 0.0954. The zero-order chi connectivity index (χ0) is 19.3. The van der Waals surface area contributed by atoms with Crippen LogP contribution in [0.4, 0.5) is 5.69 Å². The minimum atomic E-state index is -3.54. The first-order valence-corrected chi connectivity index (χ1v) is 10.0. The minimum absolute atomic E-state index is 0.101. The molecule has 0 aromatic heterocycles. The van der Waals surface area contributed by atoms with Gasteiger partial charge in [-0.3, -0.25) is 9.10 Å². The SMILES string of the molecule is CC(C)=NNC(=O)c1ccc(N(Cc2ccccc2Cl)S(C)(=O)=O)cc1. The van der Waals surface area contributed by atoms with E-state index in [-0.39, 0.29) is 12.5 Å². The molecule has 0 aliphatic carbocycles. The van der Waals surface area contributed by atoms with Crippen LogP contribution in [0, 0.1) is 0 Å². The summed E-state index contributed by atoms with van der Waals surface area (Å²) in [6, 6.07) is 13.3. The van der Waals surface area contributed by atoms with E-state index in [9.17, 15) is 13.2 Å². The Morgan fingerprint density at radius 2 is 1.73 bits per heavy atom. The fourth-order valence-corrected chi connectivity index (χ4v) is 3.26. The summed E-state index contributed by atoms with van der Waals surface area (Å²) in [5.41, 5.74) is 4.66. The number of carbonyl (C=O) groups excluding carboxylic acids is 1. The highest BCUT2D eigenvalue weighted by atomic mass is 35.5. The molecule has 2 rings (SSSR count). The molecule has 138 valence electrons. The van der Waals surface area contributed by atoms with Crippen molar-refractivity contribution >= 4 is 38.9 Å². The van der Waals surface area contributed by atoms with Gasteiger partial charge in [0.15, 0.2) is 0 Å². The monoisotopic (exact) mass is 393 g/mol. The summed E-state index contributed by atoms with van der Waals surface area (Å²) >= 11 is 6.15. The Morgan fingerprint density at radius 1 is 1.12 bits per heavy atom. The fraction of sp³-hybridized carbons (Fsp3) is 0.222. The molecule has 0 aliphatic rings. The van der Waals surface area contributed by atoms with Gasteiger partial charge in [0.05, 0.1) is 18.5 Å². The molecule has 0 spiro atoms. The van der Waals surface area contributed by atoms with E-state index in [2.05, 4.69) is 10.5 Å². The number of rotatable bonds is 6. The first kappa shape index (κ1) is 19.9. The zero-order valence-corrected chi connectivity index (χ0v) is 16.3. The molecule has 1 N–H and O–H groups in total. The largest absolute Gasteiger partial charge is 0.271 e. The maximum atomic E-state index is 12.2. The number of sulfonamides is 1. The number of benzene rings is 2. The Kier molecular flexibility index (Phi) is 6.39. The van der Waals surface area contributed by atoms with Gasteiger partial charge in [0.25, 0.3) is 5.91 Å². The van der Waals surface area contributed by atoms with Gasteiger partial charge in [0.1, 0.15) is 0 Å². The molecule has 0 heterocycles. The Bertz CT molecular complexity index is 921. The van der Waals surface area contributed by atoms with Crippen LogP contribution in [0.1, 0.15) is 29.8 Å². The van der Waals surface area contributed by atoms with E-state index >= 15 is 0 Å². The highest BCUT2D eigenvalue weighted by Crippen LogP contribution is 2.24. The van der Waals surface area contributed by atoms with Gasteiger partial charge in [-0.1, -0.05) is 29.8 Å². The van der Waals surface area contributed by atoms with E-state index in [0.717, 1.165) is 12.0 Å². The van der Waals surface area contributed by atoms with Crippen LogP contribution in [-0.2, 0) is 16.6 Å². The third-order valence-electron chi connectivity index (χ3n) is 3.47. The molecule has 0 fully saturated rings. The lowest BCUT2D eigenvalue weighted by Gasteiger charge is -2.23. The van der Waals surface area contributed by atoms with Crippen LogP contribution in [0.2, 0.25) is 5.02 Å². The van der Waals surface area contributed by atoms with E-state index < -0.39 is 10.0 Å². The molecule has 0 radical (unpaired) electrons. The second kappa shape index (κ2) is 8.33. The van der Waals surface area contributed by atoms with Crippen LogP contribution in [0.3, 0.4) is 0 Å². The highest BCUT2D eigenvalue weighted by molar-refractivity contribution is 7.92. The standard InChI is InChI=1S/C18H20ClN3O3S/c1-13(2)20-21-18(23)14-8-10-16(11-9-14)22(26(3,24)25)12-15-6-4-5-7-17(15)19/h4-11H,12H2,1-3H3,(H,21,23). The van der Waals surface area contributed by atoms with Crippen molar-refractivity contribution in [2.24, 2.45) is 5.10 Å². The lowest BCUT2D eigenvalue weighted by atomic mass is 10.2. The maximum absolute atomic E-state index is 12.2. The second-order valence-electron chi connectivity index (χ2n) is 5.91. The van der Waals surface area contributed by atoms with Gasteiger partial charge in [-0.2, -0.15) is 5.10 Å². The van der Waals surface area contributed by atoms with Crippen LogP contribution in [0.15, 0.2) is 53.6 Å². The number of hydrazone groups is 1. The average Bonchev–Trinajstić information content (AvgIpc) is 2.58. The summed E-state index contributed by atoms with van der Waals surface area (Å²) < 4.78 is 25.7. The second-order valence-corrected chi connectivity index (χ2v) is 8.22. The summed E-state index contributed by atoms with van der Waals surface area (Å²) in [5.74, 6) is -0.366. The molecule has 2 aromatic carbocycles. The highest BCUT2D eigenvalue weighted by Gasteiger charge is 2.19. The minimum Gasteiger partial charge on any atom is -0.267 e. The summed E-state index contributed by atoms with van der Waals surface area (Å²) in [5, 5.41) is 4.35. The molecular formula is C18H20ClN3O3S. The topological polar surface area (TPSA) is 78.8 Å². The quantitative estimate of drug-likeness (QED) is 0.603. The number of anilines is 1. The Morgan fingerprint density at radius 3 is 2.27 bits per heavy atom. The average molecular weight is 394 g/mol. The van der Waals surface area contributed by atoms with Crippen LogP contribution in [-0.4, -0.2) is 26.3 Å². The Balaban J connectivity index is 2.28. The van der Waals surface area contributed by atoms with Crippen LogP contribution in [0.25, 0.3) is 0 Å². The summed E-state index contributed by atoms with van der Waals surface area (Å²) in [6.07, 6.45) is 1.13. The molecule has 0 saturated carbocycles. The van der Waals surface area contributed by atoms with E-state index in [1.807, 2.05) is 0 Å². The van der Waals surface area contributed by atoms with Crippen LogP contribution in [0.5, 0.6) is 0 Å². The van der Waals surface area contributed by atoms with Crippen molar-refractivity contribution in [3.63, 3.8) is 0 Å². The first-order valence-electron chi connectivity index (χ1n) is 7.81. The molecule has 1 amide bonds. The molecule has 0 aliphatic heterocycles. The smallest absolute Gasteiger partial charge is 0.267 e. The van der Waals surface area contributed by atoms with E-state index in [1.54, 1.807) is 62.4 Å². The van der Waals surface area contributed by atoms with Crippen molar-refractivity contribution < 1.29 is 13.2 Å². The molecule has 0 atom stereocenters. The normalized spacial score (nSPS) is 10.9. The summed E-state index contributed by atoms with van der Waals surface area (Å²) in [7, 11) is -3.54. The number of halogens is 1. The third-order valence-corrected chi connectivity index (χ3v) is 4.98. The molecule has 0 bridgehead atoms. The van der Waals surface area contributed by atoms with Crippen molar-refractivity contribution in [2.75, 3.05) is 10.6 Å². The van der Waals surface area contributed by atoms with Crippen molar-refractivity contribution in [1.29, 1.82) is 0 Å². The third kappa shape index (κ3) is 5.31. The number of nitrogens with zero attached hydrogens (tertiary/aromatic N) is 2. The molecule has 6 nitrogen and oxygen atoms in total. The van der Waals surface area contributed by atoms with E-state index in [0.29, 0.717) is 21.8 Å². The summed E-state index contributed by atoms with van der Waals surface area (Å²) in [6.45, 7) is 3.63. The summed E-state index contributed by atoms with van der Waals surface area (Å²) in [4.78, 5) is 12.0. The molecule has 2 aromatic rings. The van der Waals surface area contributed by atoms with Crippen molar-refractivity contribution in [3.8, 4) is 0 Å². The fourth-order valence-electron chi connectivity index (χ4n) is 2.19. The maximum Gasteiger partial charge on any atom is 0.271 e.